The standard InChI is InChI=1S/C7H6ClF2N3O2/c8-4-2-12-5(7(9)10)6(13(14)15)3(4)1-11/h2,7H,1,11H2. The maximum Gasteiger partial charge on any atom is 0.302 e. The van der Waals surface area contributed by atoms with Gasteiger partial charge in [-0.15, -0.1) is 0 Å². The van der Waals surface area contributed by atoms with Gasteiger partial charge in [0.15, 0.2) is 5.69 Å². The molecule has 0 saturated heterocycles. The molecule has 82 valence electrons. The first-order valence-electron chi connectivity index (χ1n) is 3.79. The molecule has 0 aliphatic carbocycles. The molecule has 0 radical (unpaired) electrons. The highest BCUT2D eigenvalue weighted by atomic mass is 35.5. The number of alkyl halides is 2. The van der Waals surface area contributed by atoms with Crippen molar-refractivity contribution in [1.82, 2.24) is 4.98 Å². The van der Waals surface area contributed by atoms with Gasteiger partial charge < -0.3 is 5.73 Å². The number of hydrogen-bond donors (Lipinski definition) is 1. The number of hydrogen-bond acceptors (Lipinski definition) is 4. The summed E-state index contributed by atoms with van der Waals surface area (Å²) in [7, 11) is 0. The van der Waals surface area contributed by atoms with Gasteiger partial charge in [-0.25, -0.2) is 13.8 Å². The molecule has 0 fully saturated rings. The lowest BCUT2D eigenvalue weighted by molar-refractivity contribution is -0.387. The minimum Gasteiger partial charge on any atom is -0.326 e. The number of rotatable bonds is 3. The van der Waals surface area contributed by atoms with Gasteiger partial charge in [0.25, 0.3) is 6.43 Å². The van der Waals surface area contributed by atoms with Gasteiger partial charge in [-0.05, 0) is 0 Å². The zero-order valence-electron chi connectivity index (χ0n) is 7.28. The normalized spacial score (nSPS) is 10.7. The fourth-order valence-electron chi connectivity index (χ4n) is 1.09. The molecule has 1 rings (SSSR count). The van der Waals surface area contributed by atoms with E-state index in [1.807, 2.05) is 0 Å². The van der Waals surface area contributed by atoms with Gasteiger partial charge in [0.1, 0.15) is 0 Å². The highest BCUT2D eigenvalue weighted by Gasteiger charge is 2.28. The van der Waals surface area contributed by atoms with E-state index in [1.165, 1.54) is 0 Å². The molecule has 1 heterocycles. The van der Waals surface area contributed by atoms with Crippen molar-refractivity contribution < 1.29 is 13.7 Å². The molecule has 0 spiro atoms. The Morgan fingerprint density at radius 1 is 1.67 bits per heavy atom. The zero-order valence-corrected chi connectivity index (χ0v) is 8.04. The van der Waals surface area contributed by atoms with E-state index in [1.54, 1.807) is 0 Å². The average Bonchev–Trinajstić information content (AvgIpc) is 2.16. The topological polar surface area (TPSA) is 82.0 Å². The van der Waals surface area contributed by atoms with Crippen LogP contribution in [0.2, 0.25) is 5.02 Å². The lowest BCUT2D eigenvalue weighted by Gasteiger charge is -2.06. The summed E-state index contributed by atoms with van der Waals surface area (Å²) in [5.74, 6) is 0. The third-order valence-electron chi connectivity index (χ3n) is 1.73. The smallest absolute Gasteiger partial charge is 0.302 e. The number of nitrogens with two attached hydrogens (primary N) is 1. The summed E-state index contributed by atoms with van der Waals surface area (Å²) in [6, 6.07) is 0. The predicted molar refractivity (Wildman–Crippen MR) is 48.7 cm³/mol. The minimum absolute atomic E-state index is 0.0893. The summed E-state index contributed by atoms with van der Waals surface area (Å²) in [6.07, 6.45) is -2.11. The van der Waals surface area contributed by atoms with Gasteiger partial charge in [-0.1, -0.05) is 11.6 Å². The van der Waals surface area contributed by atoms with Gasteiger partial charge in [0, 0.05) is 12.7 Å². The molecule has 15 heavy (non-hydrogen) atoms. The van der Waals surface area contributed by atoms with Crippen molar-refractivity contribution in [2.24, 2.45) is 5.73 Å². The van der Waals surface area contributed by atoms with Gasteiger partial charge in [0.2, 0.25) is 0 Å². The Morgan fingerprint density at radius 2 is 2.27 bits per heavy atom. The Morgan fingerprint density at radius 3 is 2.67 bits per heavy atom. The second-order valence-corrected chi connectivity index (χ2v) is 2.99. The van der Waals surface area contributed by atoms with E-state index in [0.717, 1.165) is 6.20 Å². The summed E-state index contributed by atoms with van der Waals surface area (Å²) in [5, 5.41) is 10.5. The maximum absolute atomic E-state index is 12.4. The maximum atomic E-state index is 12.4. The summed E-state index contributed by atoms with van der Waals surface area (Å²) in [6.45, 7) is -0.294. The van der Waals surface area contributed by atoms with Crippen molar-refractivity contribution in [3.63, 3.8) is 0 Å². The van der Waals surface area contributed by atoms with E-state index in [2.05, 4.69) is 4.98 Å². The van der Waals surface area contributed by atoms with Crippen LogP contribution in [-0.4, -0.2) is 9.91 Å². The summed E-state index contributed by atoms with van der Waals surface area (Å²) in [4.78, 5) is 12.8. The summed E-state index contributed by atoms with van der Waals surface area (Å²) >= 11 is 5.56. The Hall–Kier alpha value is -1.34. The van der Waals surface area contributed by atoms with Crippen LogP contribution in [0.4, 0.5) is 14.5 Å². The molecule has 0 saturated carbocycles. The van der Waals surface area contributed by atoms with Crippen molar-refractivity contribution in [3.8, 4) is 0 Å². The fourth-order valence-corrected chi connectivity index (χ4v) is 1.31. The SMILES string of the molecule is NCc1c(Cl)cnc(C(F)F)c1[N+](=O)[O-]. The molecule has 2 N–H and O–H groups in total. The summed E-state index contributed by atoms with van der Waals surface area (Å²) in [5.41, 5.74) is 3.35. The lowest BCUT2D eigenvalue weighted by atomic mass is 10.2. The van der Waals surface area contributed by atoms with Gasteiger partial charge in [0.05, 0.1) is 15.5 Å². The molecule has 0 amide bonds. The molecule has 0 aromatic carbocycles. The Bertz CT molecular complexity index is 400. The number of nitrogens with zero attached hydrogens (tertiary/aromatic N) is 2. The first-order valence-corrected chi connectivity index (χ1v) is 4.16. The van der Waals surface area contributed by atoms with Crippen LogP contribution < -0.4 is 5.73 Å². The van der Waals surface area contributed by atoms with E-state index in [0.29, 0.717) is 0 Å². The third kappa shape index (κ3) is 2.18. The first-order chi connectivity index (χ1) is 6.99. The number of nitro groups is 1. The van der Waals surface area contributed by atoms with Crippen LogP contribution in [0.15, 0.2) is 6.20 Å². The number of halogens is 3. The van der Waals surface area contributed by atoms with Crippen LogP contribution in [0, 0.1) is 10.1 Å². The van der Waals surface area contributed by atoms with E-state index < -0.39 is 22.7 Å². The monoisotopic (exact) mass is 237 g/mol. The molecule has 0 unspecified atom stereocenters. The Labute approximate surface area is 88.0 Å². The average molecular weight is 238 g/mol. The highest BCUT2D eigenvalue weighted by Crippen LogP contribution is 2.33. The predicted octanol–water partition coefficient (Wildman–Crippen LogP) is 2.04. The van der Waals surface area contributed by atoms with Crippen LogP contribution in [-0.2, 0) is 6.54 Å². The third-order valence-corrected chi connectivity index (χ3v) is 2.05. The van der Waals surface area contributed by atoms with Crippen molar-refractivity contribution in [2.45, 2.75) is 13.0 Å². The second-order valence-electron chi connectivity index (χ2n) is 2.58. The van der Waals surface area contributed by atoms with E-state index in [-0.39, 0.29) is 17.1 Å². The largest absolute Gasteiger partial charge is 0.326 e. The molecule has 0 atom stereocenters. The van der Waals surface area contributed by atoms with E-state index in [9.17, 15) is 18.9 Å². The van der Waals surface area contributed by atoms with Crippen molar-refractivity contribution >= 4 is 17.3 Å². The van der Waals surface area contributed by atoms with Crippen LogP contribution in [0.5, 0.6) is 0 Å². The van der Waals surface area contributed by atoms with Gasteiger partial charge in [-0.2, -0.15) is 0 Å². The molecule has 1 aromatic heterocycles. The molecule has 1 aromatic rings. The van der Waals surface area contributed by atoms with Crippen molar-refractivity contribution in [1.29, 1.82) is 0 Å². The van der Waals surface area contributed by atoms with Gasteiger partial charge >= 0.3 is 5.69 Å². The highest BCUT2D eigenvalue weighted by molar-refractivity contribution is 6.31. The molecular weight excluding hydrogens is 232 g/mol. The van der Waals surface area contributed by atoms with Crippen molar-refractivity contribution in [2.75, 3.05) is 0 Å². The molecule has 0 aliphatic rings. The van der Waals surface area contributed by atoms with Crippen molar-refractivity contribution in [3.05, 3.63) is 32.6 Å². The fraction of sp³-hybridized carbons (Fsp3) is 0.286. The molecular formula is C7H6ClF2N3O2. The molecule has 8 heteroatoms. The molecule has 0 aliphatic heterocycles. The Balaban J connectivity index is 3.49. The van der Waals surface area contributed by atoms with E-state index in [4.69, 9.17) is 17.3 Å². The van der Waals surface area contributed by atoms with Crippen LogP contribution in [0.25, 0.3) is 0 Å². The number of pyridine rings is 1. The molecule has 5 nitrogen and oxygen atoms in total. The molecule has 0 bridgehead atoms. The quantitative estimate of drug-likeness (QED) is 0.644. The second kappa shape index (κ2) is 4.45. The zero-order chi connectivity index (χ0) is 11.6. The first kappa shape index (κ1) is 11.7. The van der Waals surface area contributed by atoms with Crippen LogP contribution in [0.3, 0.4) is 0 Å². The summed E-state index contributed by atoms with van der Waals surface area (Å²) < 4.78 is 24.8. The lowest BCUT2D eigenvalue weighted by Crippen LogP contribution is -2.08. The van der Waals surface area contributed by atoms with E-state index >= 15 is 0 Å². The minimum atomic E-state index is -3.03. The van der Waals surface area contributed by atoms with Crippen LogP contribution in [0.1, 0.15) is 17.7 Å². The van der Waals surface area contributed by atoms with Gasteiger partial charge in [-0.3, -0.25) is 10.1 Å². The Kier molecular flexibility index (Phi) is 3.48. The number of aromatic nitrogens is 1. The van der Waals surface area contributed by atoms with Crippen LogP contribution >= 0.6 is 11.6 Å².